The normalized spacial score (nSPS) is 23.7. The van der Waals surface area contributed by atoms with Gasteiger partial charge in [-0.1, -0.05) is 6.07 Å². The predicted molar refractivity (Wildman–Crippen MR) is 70.2 cm³/mol. The molecule has 1 aromatic rings. The first-order valence-electron chi connectivity index (χ1n) is 6.28. The molecule has 2 atom stereocenters. The molecular weight excluding hydrogens is 230 g/mol. The van der Waals surface area contributed by atoms with Gasteiger partial charge in [0.1, 0.15) is 0 Å². The number of carboxylic acid groups (broad SMARTS) is 1. The second-order valence-electron chi connectivity index (χ2n) is 4.88. The third kappa shape index (κ3) is 3.01. The van der Waals surface area contributed by atoms with Gasteiger partial charge < -0.3 is 15.2 Å². The maximum atomic E-state index is 11.0. The number of anilines is 1. The fourth-order valence-electron chi connectivity index (χ4n) is 2.26. The molecule has 18 heavy (non-hydrogen) atoms. The zero-order valence-electron chi connectivity index (χ0n) is 10.8. The molecule has 2 rings (SSSR count). The quantitative estimate of drug-likeness (QED) is 0.864. The second-order valence-corrected chi connectivity index (χ2v) is 4.88. The van der Waals surface area contributed by atoms with Crippen LogP contribution in [-0.2, 0) is 4.74 Å². The topological polar surface area (TPSA) is 58.6 Å². The molecular formula is C14H19NO3. The molecule has 1 aromatic carbocycles. The van der Waals surface area contributed by atoms with Gasteiger partial charge in [0.15, 0.2) is 0 Å². The Bertz CT molecular complexity index is 445. The van der Waals surface area contributed by atoms with E-state index in [2.05, 4.69) is 12.2 Å². The van der Waals surface area contributed by atoms with Gasteiger partial charge in [-0.25, -0.2) is 4.79 Å². The highest BCUT2D eigenvalue weighted by molar-refractivity contribution is 5.89. The van der Waals surface area contributed by atoms with Gasteiger partial charge in [-0.3, -0.25) is 0 Å². The summed E-state index contributed by atoms with van der Waals surface area (Å²) in [6.45, 7) is 4.81. The van der Waals surface area contributed by atoms with Gasteiger partial charge in [-0.15, -0.1) is 0 Å². The molecule has 0 aromatic heterocycles. The number of benzene rings is 1. The van der Waals surface area contributed by atoms with E-state index >= 15 is 0 Å². The number of nitrogens with one attached hydrogen (secondary N) is 1. The monoisotopic (exact) mass is 249 g/mol. The maximum absolute atomic E-state index is 11.0. The molecule has 0 bridgehead atoms. The Morgan fingerprint density at radius 2 is 2.28 bits per heavy atom. The van der Waals surface area contributed by atoms with Gasteiger partial charge in [0, 0.05) is 18.3 Å². The average Bonchev–Trinajstić information content (AvgIpc) is 2.31. The van der Waals surface area contributed by atoms with Crippen LogP contribution in [0.1, 0.15) is 35.7 Å². The number of ether oxygens (including phenoxy) is 1. The van der Waals surface area contributed by atoms with Gasteiger partial charge in [0.05, 0.1) is 11.7 Å². The van der Waals surface area contributed by atoms with E-state index in [1.807, 2.05) is 13.0 Å². The van der Waals surface area contributed by atoms with Gasteiger partial charge in [-0.2, -0.15) is 0 Å². The van der Waals surface area contributed by atoms with Crippen molar-refractivity contribution in [3.63, 3.8) is 0 Å². The van der Waals surface area contributed by atoms with Crippen molar-refractivity contribution >= 4 is 11.7 Å². The molecule has 0 amide bonds. The highest BCUT2D eigenvalue weighted by atomic mass is 16.5. The third-order valence-electron chi connectivity index (χ3n) is 3.33. The van der Waals surface area contributed by atoms with Gasteiger partial charge >= 0.3 is 5.97 Å². The van der Waals surface area contributed by atoms with Crippen LogP contribution in [-0.4, -0.2) is 29.8 Å². The van der Waals surface area contributed by atoms with E-state index in [0.717, 1.165) is 30.7 Å². The number of aromatic carboxylic acids is 1. The number of hydrogen-bond donors (Lipinski definition) is 2. The predicted octanol–water partition coefficient (Wildman–Crippen LogP) is 2.67. The molecule has 0 aliphatic carbocycles. The Balaban J connectivity index is 2.12. The molecule has 2 unspecified atom stereocenters. The molecule has 0 saturated carbocycles. The van der Waals surface area contributed by atoms with Gasteiger partial charge in [0.25, 0.3) is 0 Å². The molecule has 1 fully saturated rings. The SMILES string of the molecule is Cc1ccc(C(=O)O)cc1NC1CCOC(C)C1. The van der Waals surface area contributed by atoms with E-state index in [-0.39, 0.29) is 6.10 Å². The minimum absolute atomic E-state index is 0.263. The van der Waals surface area contributed by atoms with Crippen molar-refractivity contribution in [2.75, 3.05) is 11.9 Å². The molecule has 2 N–H and O–H groups in total. The minimum Gasteiger partial charge on any atom is -0.478 e. The highest BCUT2D eigenvalue weighted by Gasteiger charge is 2.19. The first-order valence-corrected chi connectivity index (χ1v) is 6.28. The van der Waals surface area contributed by atoms with Crippen LogP contribution >= 0.6 is 0 Å². The zero-order valence-corrected chi connectivity index (χ0v) is 10.8. The summed E-state index contributed by atoms with van der Waals surface area (Å²) in [5, 5.41) is 12.4. The summed E-state index contributed by atoms with van der Waals surface area (Å²) in [6, 6.07) is 5.54. The standard InChI is InChI=1S/C14H19NO3/c1-9-3-4-11(14(16)17)8-13(9)15-12-5-6-18-10(2)7-12/h3-4,8,10,12,15H,5-7H2,1-2H3,(H,16,17). The lowest BCUT2D eigenvalue weighted by Crippen LogP contribution is -2.32. The fourth-order valence-corrected chi connectivity index (χ4v) is 2.26. The summed E-state index contributed by atoms with van der Waals surface area (Å²) in [5.41, 5.74) is 2.30. The van der Waals surface area contributed by atoms with Crippen LogP contribution in [0.25, 0.3) is 0 Å². The van der Waals surface area contributed by atoms with Crippen molar-refractivity contribution in [1.29, 1.82) is 0 Å². The van der Waals surface area contributed by atoms with Crippen LogP contribution < -0.4 is 5.32 Å². The Labute approximate surface area is 107 Å². The molecule has 1 saturated heterocycles. The van der Waals surface area contributed by atoms with Crippen molar-refractivity contribution in [2.45, 2.75) is 38.8 Å². The number of carbonyl (C=O) groups is 1. The molecule has 98 valence electrons. The van der Waals surface area contributed by atoms with Crippen molar-refractivity contribution < 1.29 is 14.6 Å². The fraction of sp³-hybridized carbons (Fsp3) is 0.500. The summed E-state index contributed by atoms with van der Waals surface area (Å²) in [7, 11) is 0. The van der Waals surface area contributed by atoms with Crippen LogP contribution in [0.15, 0.2) is 18.2 Å². The molecule has 4 nitrogen and oxygen atoms in total. The smallest absolute Gasteiger partial charge is 0.335 e. The zero-order chi connectivity index (χ0) is 13.1. The Kier molecular flexibility index (Phi) is 3.87. The number of rotatable bonds is 3. The average molecular weight is 249 g/mol. The molecule has 0 spiro atoms. The molecule has 0 radical (unpaired) electrons. The van der Waals surface area contributed by atoms with E-state index in [1.54, 1.807) is 12.1 Å². The van der Waals surface area contributed by atoms with Crippen molar-refractivity contribution in [3.05, 3.63) is 29.3 Å². The van der Waals surface area contributed by atoms with E-state index in [9.17, 15) is 4.79 Å². The lowest BCUT2D eigenvalue weighted by Gasteiger charge is -2.29. The Hall–Kier alpha value is -1.55. The third-order valence-corrected chi connectivity index (χ3v) is 3.33. The number of aryl methyl sites for hydroxylation is 1. The minimum atomic E-state index is -0.890. The highest BCUT2D eigenvalue weighted by Crippen LogP contribution is 2.22. The van der Waals surface area contributed by atoms with Crippen molar-refractivity contribution in [3.8, 4) is 0 Å². The summed E-state index contributed by atoms with van der Waals surface area (Å²) in [5.74, 6) is -0.890. The Morgan fingerprint density at radius 1 is 1.50 bits per heavy atom. The van der Waals surface area contributed by atoms with Crippen LogP contribution in [0.5, 0.6) is 0 Å². The Morgan fingerprint density at radius 3 is 2.94 bits per heavy atom. The summed E-state index contributed by atoms with van der Waals surface area (Å²) >= 11 is 0. The summed E-state index contributed by atoms with van der Waals surface area (Å²) in [6.07, 6.45) is 2.18. The largest absolute Gasteiger partial charge is 0.478 e. The van der Waals surface area contributed by atoms with E-state index < -0.39 is 5.97 Å². The first kappa shape index (κ1) is 12.9. The molecule has 1 aliphatic heterocycles. The number of hydrogen-bond acceptors (Lipinski definition) is 3. The van der Waals surface area contributed by atoms with Gasteiger partial charge in [-0.05, 0) is 44.4 Å². The molecule has 1 heterocycles. The van der Waals surface area contributed by atoms with Crippen molar-refractivity contribution in [2.24, 2.45) is 0 Å². The van der Waals surface area contributed by atoms with Gasteiger partial charge in [0.2, 0.25) is 0 Å². The van der Waals surface area contributed by atoms with Crippen LogP contribution in [0.3, 0.4) is 0 Å². The van der Waals surface area contributed by atoms with Crippen LogP contribution in [0, 0.1) is 6.92 Å². The van der Waals surface area contributed by atoms with E-state index in [1.165, 1.54) is 0 Å². The molecule has 4 heteroatoms. The lowest BCUT2D eigenvalue weighted by molar-refractivity contribution is 0.0232. The number of carboxylic acids is 1. The molecule has 1 aliphatic rings. The summed E-state index contributed by atoms with van der Waals surface area (Å²) < 4.78 is 5.50. The van der Waals surface area contributed by atoms with E-state index in [0.29, 0.717) is 11.6 Å². The second kappa shape index (κ2) is 5.40. The van der Waals surface area contributed by atoms with E-state index in [4.69, 9.17) is 9.84 Å². The van der Waals surface area contributed by atoms with Crippen molar-refractivity contribution in [1.82, 2.24) is 0 Å². The first-order chi connectivity index (χ1) is 8.56. The maximum Gasteiger partial charge on any atom is 0.335 e. The summed E-state index contributed by atoms with van der Waals surface area (Å²) in [4.78, 5) is 11.0. The van der Waals surface area contributed by atoms with Crippen LogP contribution in [0.2, 0.25) is 0 Å². The lowest BCUT2D eigenvalue weighted by atomic mass is 10.0. The van der Waals surface area contributed by atoms with Crippen LogP contribution in [0.4, 0.5) is 5.69 Å².